The van der Waals surface area contributed by atoms with Crippen molar-refractivity contribution in [1.82, 2.24) is 5.32 Å². The molecule has 10 heavy (non-hydrogen) atoms. The highest BCUT2D eigenvalue weighted by atomic mass is 16.3. The summed E-state index contributed by atoms with van der Waals surface area (Å²) in [5.74, 6) is 0.117. The highest BCUT2D eigenvalue weighted by Crippen LogP contribution is 2.03. The number of hydrogen-bond acceptors (Lipinski definition) is 3. The predicted octanol–water partition coefficient (Wildman–Crippen LogP) is 0.279. The van der Waals surface area contributed by atoms with Crippen molar-refractivity contribution in [1.29, 1.82) is 0 Å². The molecule has 0 aliphatic heterocycles. The first-order valence-corrected chi connectivity index (χ1v) is 3.51. The van der Waals surface area contributed by atoms with Crippen LogP contribution in [0.4, 0.5) is 0 Å². The largest absolute Gasteiger partial charge is 0.378 e. The minimum atomic E-state index is -0.996. The van der Waals surface area contributed by atoms with Crippen LogP contribution in [0.5, 0.6) is 0 Å². The van der Waals surface area contributed by atoms with Gasteiger partial charge in [-0.05, 0) is 19.8 Å². The van der Waals surface area contributed by atoms with Crippen molar-refractivity contribution in [2.75, 3.05) is 0 Å². The van der Waals surface area contributed by atoms with Crippen LogP contribution < -0.4 is 5.32 Å². The Kier molecular flexibility index (Phi) is 3.28. The normalized spacial score (nSPS) is 15.9. The van der Waals surface area contributed by atoms with Crippen LogP contribution in [0, 0.1) is 5.92 Å². The Morgan fingerprint density at radius 1 is 1.30 bits per heavy atom. The number of aliphatic hydroxyl groups excluding tert-OH is 1. The molecule has 3 N–H and O–H groups in total. The van der Waals surface area contributed by atoms with Crippen LogP contribution in [0.1, 0.15) is 27.7 Å². The summed E-state index contributed by atoms with van der Waals surface area (Å²) in [6.45, 7) is 6.95. The predicted molar refractivity (Wildman–Crippen MR) is 40.3 cm³/mol. The van der Waals surface area contributed by atoms with Gasteiger partial charge in [-0.2, -0.15) is 0 Å². The van der Waals surface area contributed by atoms with Crippen LogP contribution in [0.3, 0.4) is 0 Å². The third kappa shape index (κ3) is 4.73. The maximum atomic E-state index is 9.19. The molecule has 0 amide bonds. The zero-order valence-electron chi connectivity index (χ0n) is 7.05. The fourth-order valence-electron chi connectivity index (χ4n) is 0.529. The van der Waals surface area contributed by atoms with Crippen molar-refractivity contribution in [2.24, 2.45) is 5.92 Å². The lowest BCUT2D eigenvalue weighted by atomic mass is 10.1. The quantitative estimate of drug-likeness (QED) is 0.502. The molecule has 62 valence electrons. The summed E-state index contributed by atoms with van der Waals surface area (Å²) in [5.41, 5.74) is -0.996. The first-order chi connectivity index (χ1) is 4.33. The van der Waals surface area contributed by atoms with Gasteiger partial charge in [0, 0.05) is 0 Å². The summed E-state index contributed by atoms with van der Waals surface area (Å²) < 4.78 is 0. The van der Waals surface area contributed by atoms with Gasteiger partial charge < -0.3 is 10.2 Å². The van der Waals surface area contributed by atoms with E-state index in [1.54, 1.807) is 13.8 Å². The van der Waals surface area contributed by atoms with Crippen molar-refractivity contribution in [3.63, 3.8) is 0 Å². The Morgan fingerprint density at radius 2 is 1.70 bits per heavy atom. The summed E-state index contributed by atoms with van der Waals surface area (Å²) in [4.78, 5) is 0. The minimum Gasteiger partial charge on any atom is -0.378 e. The molecule has 1 atom stereocenters. The van der Waals surface area contributed by atoms with E-state index >= 15 is 0 Å². The Morgan fingerprint density at radius 3 is 1.80 bits per heavy atom. The fraction of sp³-hybridized carbons (Fsp3) is 1.00. The zero-order valence-corrected chi connectivity index (χ0v) is 7.05. The smallest absolute Gasteiger partial charge is 0.112 e. The van der Waals surface area contributed by atoms with Crippen molar-refractivity contribution < 1.29 is 10.2 Å². The second kappa shape index (κ2) is 3.32. The lowest BCUT2D eigenvalue weighted by Crippen LogP contribution is -2.47. The van der Waals surface area contributed by atoms with Crippen LogP contribution in [0.25, 0.3) is 0 Å². The molecule has 0 aromatic heterocycles. The van der Waals surface area contributed by atoms with Crippen LogP contribution in [-0.2, 0) is 0 Å². The Balaban J connectivity index is 3.68. The van der Waals surface area contributed by atoms with E-state index in [1.807, 2.05) is 13.8 Å². The molecular weight excluding hydrogens is 130 g/mol. The minimum absolute atomic E-state index is 0.117. The molecular formula is C7H17NO2. The van der Waals surface area contributed by atoms with E-state index in [9.17, 15) is 5.11 Å². The highest BCUT2D eigenvalue weighted by molar-refractivity contribution is 4.66. The van der Waals surface area contributed by atoms with Crippen molar-refractivity contribution in [3.05, 3.63) is 0 Å². The molecule has 0 heterocycles. The zero-order chi connectivity index (χ0) is 8.36. The van der Waals surface area contributed by atoms with Gasteiger partial charge in [-0.25, -0.2) is 0 Å². The number of nitrogens with one attached hydrogen (secondary N) is 1. The molecule has 0 rings (SSSR count). The fourth-order valence-corrected chi connectivity index (χ4v) is 0.529. The molecule has 3 heteroatoms. The maximum Gasteiger partial charge on any atom is 0.112 e. The Bertz CT molecular complexity index is 96.3. The van der Waals surface area contributed by atoms with Crippen LogP contribution in [0.15, 0.2) is 0 Å². The third-order valence-corrected chi connectivity index (χ3v) is 1.13. The average Bonchev–Trinajstić information content (AvgIpc) is 1.60. The summed E-state index contributed by atoms with van der Waals surface area (Å²) in [6.07, 6.45) is -0.639. The molecule has 0 aliphatic rings. The second-order valence-corrected chi connectivity index (χ2v) is 3.39. The standard InChI is InChI=1S/C7H17NO2/c1-5(2)6(9)8-7(3,4)10/h5-6,8-10H,1-4H3. The van der Waals surface area contributed by atoms with Gasteiger partial charge in [0.05, 0.1) is 0 Å². The van der Waals surface area contributed by atoms with Crippen molar-refractivity contribution >= 4 is 0 Å². The van der Waals surface area contributed by atoms with Gasteiger partial charge in [-0.15, -0.1) is 0 Å². The van der Waals surface area contributed by atoms with Gasteiger partial charge in [0.1, 0.15) is 12.0 Å². The number of hydrogen-bond donors (Lipinski definition) is 3. The SMILES string of the molecule is CC(C)C(O)NC(C)(C)O. The van der Waals surface area contributed by atoms with Gasteiger partial charge >= 0.3 is 0 Å². The first kappa shape index (κ1) is 9.88. The van der Waals surface area contributed by atoms with E-state index in [0.29, 0.717) is 0 Å². The lowest BCUT2D eigenvalue weighted by molar-refractivity contribution is -0.0353. The molecule has 0 spiro atoms. The Labute approximate surface area is 62.1 Å². The van der Waals surface area contributed by atoms with Gasteiger partial charge in [0.2, 0.25) is 0 Å². The second-order valence-electron chi connectivity index (χ2n) is 3.39. The van der Waals surface area contributed by atoms with E-state index in [4.69, 9.17) is 5.11 Å². The number of rotatable bonds is 3. The topological polar surface area (TPSA) is 52.5 Å². The summed E-state index contributed by atoms with van der Waals surface area (Å²) >= 11 is 0. The summed E-state index contributed by atoms with van der Waals surface area (Å²) in [5, 5.41) is 21.0. The number of aliphatic hydroxyl groups is 2. The molecule has 0 radical (unpaired) electrons. The van der Waals surface area contributed by atoms with E-state index in [1.165, 1.54) is 0 Å². The van der Waals surface area contributed by atoms with Crippen molar-refractivity contribution in [2.45, 2.75) is 39.6 Å². The van der Waals surface area contributed by atoms with E-state index in [2.05, 4.69) is 5.32 Å². The van der Waals surface area contributed by atoms with Crippen LogP contribution >= 0.6 is 0 Å². The summed E-state index contributed by atoms with van der Waals surface area (Å²) in [7, 11) is 0. The third-order valence-electron chi connectivity index (χ3n) is 1.13. The molecule has 0 saturated carbocycles. The van der Waals surface area contributed by atoms with Gasteiger partial charge in [-0.3, -0.25) is 5.32 Å². The van der Waals surface area contributed by atoms with Gasteiger partial charge in [0.15, 0.2) is 0 Å². The Hall–Kier alpha value is -0.120. The molecule has 0 fully saturated rings. The van der Waals surface area contributed by atoms with E-state index < -0.39 is 12.0 Å². The molecule has 3 nitrogen and oxygen atoms in total. The maximum absolute atomic E-state index is 9.19. The molecule has 0 aromatic rings. The van der Waals surface area contributed by atoms with E-state index in [0.717, 1.165) is 0 Å². The molecule has 0 aliphatic carbocycles. The first-order valence-electron chi connectivity index (χ1n) is 3.51. The molecule has 1 unspecified atom stereocenters. The average molecular weight is 147 g/mol. The van der Waals surface area contributed by atoms with Crippen LogP contribution in [0.2, 0.25) is 0 Å². The molecule has 0 bridgehead atoms. The van der Waals surface area contributed by atoms with Crippen LogP contribution in [-0.4, -0.2) is 22.2 Å². The molecule has 0 saturated heterocycles. The van der Waals surface area contributed by atoms with Gasteiger partial charge in [-0.1, -0.05) is 13.8 Å². The summed E-state index contributed by atoms with van der Waals surface area (Å²) in [6, 6.07) is 0. The monoisotopic (exact) mass is 147 g/mol. The highest BCUT2D eigenvalue weighted by Gasteiger charge is 2.18. The van der Waals surface area contributed by atoms with Gasteiger partial charge in [0.25, 0.3) is 0 Å². The van der Waals surface area contributed by atoms with E-state index in [-0.39, 0.29) is 5.92 Å². The lowest BCUT2D eigenvalue weighted by Gasteiger charge is -2.25. The van der Waals surface area contributed by atoms with Crippen molar-refractivity contribution in [3.8, 4) is 0 Å². The molecule has 0 aromatic carbocycles.